The Morgan fingerprint density at radius 2 is 1.93 bits per heavy atom. The van der Waals surface area contributed by atoms with Gasteiger partial charge in [0.15, 0.2) is 11.5 Å². The molecule has 1 aromatic heterocycles. The number of carbonyl (C=O) groups excluding carboxylic acids is 1. The monoisotopic (exact) mass is 416 g/mol. The van der Waals surface area contributed by atoms with Crippen molar-refractivity contribution < 1.29 is 23.6 Å². The highest BCUT2D eigenvalue weighted by molar-refractivity contribution is 6.30. The van der Waals surface area contributed by atoms with Crippen LogP contribution in [0.25, 0.3) is 0 Å². The van der Waals surface area contributed by atoms with Crippen molar-refractivity contribution in [2.24, 2.45) is 0 Å². The van der Waals surface area contributed by atoms with Crippen molar-refractivity contribution in [3.63, 3.8) is 0 Å². The molecule has 0 spiro atoms. The maximum absolute atomic E-state index is 12.4. The Kier molecular flexibility index (Phi) is 6.36. The smallest absolute Gasteiger partial charge is 0.312 e. The first-order chi connectivity index (χ1) is 14.0. The number of hydrogen-bond acceptors (Lipinski definition) is 6. The summed E-state index contributed by atoms with van der Waals surface area (Å²) >= 11 is 5.78. The van der Waals surface area contributed by atoms with E-state index in [-0.39, 0.29) is 28.8 Å². The Labute approximate surface area is 171 Å². The zero-order valence-electron chi connectivity index (χ0n) is 15.4. The molecule has 2 aromatic carbocycles. The topological polar surface area (TPSA) is 104 Å². The molecule has 0 fully saturated rings. The molecule has 0 atom stereocenters. The first-order valence-corrected chi connectivity index (χ1v) is 9.04. The van der Waals surface area contributed by atoms with Crippen molar-refractivity contribution >= 4 is 28.9 Å². The van der Waals surface area contributed by atoms with Crippen LogP contribution >= 0.6 is 11.6 Å². The van der Waals surface area contributed by atoms with Crippen molar-refractivity contribution in [3.8, 4) is 11.5 Å². The number of nitro benzene ring substituents is 1. The molecule has 8 nitrogen and oxygen atoms in total. The van der Waals surface area contributed by atoms with E-state index in [9.17, 15) is 14.9 Å². The van der Waals surface area contributed by atoms with Crippen LogP contribution in [0.15, 0.2) is 59.0 Å². The molecule has 0 saturated carbocycles. The third-order valence-corrected chi connectivity index (χ3v) is 4.04. The average molecular weight is 417 g/mol. The lowest BCUT2D eigenvalue weighted by Crippen LogP contribution is -2.12. The van der Waals surface area contributed by atoms with Crippen molar-refractivity contribution in [1.29, 1.82) is 0 Å². The number of anilines is 1. The van der Waals surface area contributed by atoms with Crippen LogP contribution < -0.4 is 14.8 Å². The number of para-hydroxylation sites is 2. The molecule has 3 aromatic rings. The van der Waals surface area contributed by atoms with Crippen molar-refractivity contribution in [1.82, 2.24) is 0 Å². The number of rotatable bonds is 8. The number of hydrogen-bond donors (Lipinski definition) is 1. The molecule has 0 saturated heterocycles. The molecule has 0 aliphatic heterocycles. The van der Waals surface area contributed by atoms with Crippen LogP contribution in [0.1, 0.15) is 23.2 Å². The summed E-state index contributed by atoms with van der Waals surface area (Å²) in [4.78, 5) is 23.0. The molecule has 150 valence electrons. The van der Waals surface area contributed by atoms with Crippen LogP contribution in [0.2, 0.25) is 5.02 Å². The van der Waals surface area contributed by atoms with Gasteiger partial charge in [0.25, 0.3) is 5.91 Å². The van der Waals surface area contributed by atoms with Gasteiger partial charge in [-0.05, 0) is 43.3 Å². The predicted octanol–water partition coefficient (Wildman–Crippen LogP) is 5.07. The predicted molar refractivity (Wildman–Crippen MR) is 107 cm³/mol. The van der Waals surface area contributed by atoms with E-state index in [0.717, 1.165) is 0 Å². The summed E-state index contributed by atoms with van der Waals surface area (Å²) < 4.78 is 16.4. The fourth-order valence-corrected chi connectivity index (χ4v) is 2.68. The number of furan rings is 1. The molecule has 1 amide bonds. The molecular formula is C20H17ClN2O6. The molecular weight excluding hydrogens is 400 g/mol. The summed E-state index contributed by atoms with van der Waals surface area (Å²) in [7, 11) is 0. The van der Waals surface area contributed by atoms with Crippen LogP contribution in [-0.4, -0.2) is 17.4 Å². The minimum Gasteiger partial charge on any atom is -0.492 e. The highest BCUT2D eigenvalue weighted by Gasteiger charge is 2.18. The van der Waals surface area contributed by atoms with Gasteiger partial charge < -0.3 is 19.2 Å². The number of nitro groups is 1. The number of ether oxygens (including phenoxy) is 2. The zero-order valence-corrected chi connectivity index (χ0v) is 16.1. The molecule has 9 heteroatoms. The standard InChI is InChI=1S/C20H17ClN2O6/c1-2-27-17-6-4-3-5-15(17)22-20(24)19-10-8-14(29-19)12-28-18-9-7-13(21)11-16(18)23(25)26/h3-11H,2,12H2,1H3,(H,22,24). The molecule has 3 rings (SSSR count). The lowest BCUT2D eigenvalue weighted by Gasteiger charge is -2.10. The lowest BCUT2D eigenvalue weighted by atomic mass is 10.3. The molecule has 29 heavy (non-hydrogen) atoms. The van der Waals surface area contributed by atoms with Crippen molar-refractivity contribution in [2.75, 3.05) is 11.9 Å². The van der Waals surface area contributed by atoms with Gasteiger partial charge in [-0.2, -0.15) is 0 Å². The summed E-state index contributed by atoms with van der Waals surface area (Å²) in [5.74, 6) is 0.542. The zero-order chi connectivity index (χ0) is 20.8. The van der Waals surface area contributed by atoms with Gasteiger partial charge in [0.1, 0.15) is 18.1 Å². The summed E-state index contributed by atoms with van der Waals surface area (Å²) in [6.45, 7) is 2.22. The Morgan fingerprint density at radius 3 is 2.69 bits per heavy atom. The van der Waals surface area contributed by atoms with Crippen LogP contribution in [0.3, 0.4) is 0 Å². The normalized spacial score (nSPS) is 10.4. The SMILES string of the molecule is CCOc1ccccc1NC(=O)c1ccc(COc2ccc(Cl)cc2[N+](=O)[O-])o1. The second-order valence-corrected chi connectivity index (χ2v) is 6.24. The van der Waals surface area contributed by atoms with Gasteiger partial charge in [0, 0.05) is 11.1 Å². The number of benzene rings is 2. The number of halogens is 1. The van der Waals surface area contributed by atoms with Gasteiger partial charge in [-0.1, -0.05) is 23.7 Å². The van der Waals surface area contributed by atoms with E-state index in [0.29, 0.717) is 23.8 Å². The fraction of sp³-hybridized carbons (Fsp3) is 0.150. The molecule has 1 heterocycles. The second-order valence-electron chi connectivity index (χ2n) is 5.81. The Hall–Kier alpha value is -3.52. The average Bonchev–Trinajstić information content (AvgIpc) is 3.18. The molecule has 0 radical (unpaired) electrons. The quantitative estimate of drug-likeness (QED) is 0.406. The minimum absolute atomic E-state index is 0.0486. The number of carbonyl (C=O) groups is 1. The number of amides is 1. The van der Waals surface area contributed by atoms with Crippen LogP contribution in [0.5, 0.6) is 11.5 Å². The van der Waals surface area contributed by atoms with Gasteiger partial charge in [0.2, 0.25) is 0 Å². The van der Waals surface area contributed by atoms with Crippen LogP contribution in [-0.2, 0) is 6.61 Å². The lowest BCUT2D eigenvalue weighted by molar-refractivity contribution is -0.385. The molecule has 1 N–H and O–H groups in total. The summed E-state index contributed by atoms with van der Waals surface area (Å²) in [5.41, 5.74) is 0.264. The summed E-state index contributed by atoms with van der Waals surface area (Å²) in [6.07, 6.45) is 0. The maximum Gasteiger partial charge on any atom is 0.312 e. The summed E-state index contributed by atoms with van der Waals surface area (Å²) in [5, 5.41) is 14.1. The van der Waals surface area contributed by atoms with E-state index in [1.165, 1.54) is 24.3 Å². The Bertz CT molecular complexity index is 1030. The van der Waals surface area contributed by atoms with Crippen LogP contribution in [0, 0.1) is 10.1 Å². The van der Waals surface area contributed by atoms with Gasteiger partial charge >= 0.3 is 5.69 Å². The number of nitrogens with one attached hydrogen (secondary N) is 1. The largest absolute Gasteiger partial charge is 0.492 e. The van der Waals surface area contributed by atoms with E-state index in [1.807, 2.05) is 6.92 Å². The second kappa shape index (κ2) is 9.11. The first-order valence-electron chi connectivity index (χ1n) is 8.66. The Balaban J connectivity index is 1.67. The van der Waals surface area contributed by atoms with Crippen molar-refractivity contribution in [3.05, 3.63) is 81.3 Å². The number of nitrogens with zero attached hydrogens (tertiary/aromatic N) is 1. The summed E-state index contributed by atoms with van der Waals surface area (Å²) in [6, 6.07) is 14.2. The first kappa shape index (κ1) is 20.2. The highest BCUT2D eigenvalue weighted by atomic mass is 35.5. The van der Waals surface area contributed by atoms with Gasteiger partial charge in [-0.25, -0.2) is 0 Å². The van der Waals surface area contributed by atoms with E-state index in [1.54, 1.807) is 30.3 Å². The highest BCUT2D eigenvalue weighted by Crippen LogP contribution is 2.30. The van der Waals surface area contributed by atoms with E-state index in [4.69, 9.17) is 25.5 Å². The third kappa shape index (κ3) is 5.05. The molecule has 0 unspecified atom stereocenters. The molecule has 0 bridgehead atoms. The van der Waals surface area contributed by atoms with E-state index in [2.05, 4.69) is 5.32 Å². The fourth-order valence-electron chi connectivity index (χ4n) is 2.52. The van der Waals surface area contributed by atoms with E-state index >= 15 is 0 Å². The van der Waals surface area contributed by atoms with Gasteiger partial charge in [-0.15, -0.1) is 0 Å². The Morgan fingerprint density at radius 1 is 1.14 bits per heavy atom. The van der Waals surface area contributed by atoms with Crippen LogP contribution in [0.4, 0.5) is 11.4 Å². The minimum atomic E-state index is -0.585. The van der Waals surface area contributed by atoms with Gasteiger partial charge in [-0.3, -0.25) is 14.9 Å². The molecule has 0 aliphatic carbocycles. The maximum atomic E-state index is 12.4. The van der Waals surface area contributed by atoms with E-state index < -0.39 is 10.8 Å². The van der Waals surface area contributed by atoms with Gasteiger partial charge in [0.05, 0.1) is 17.2 Å². The molecule has 0 aliphatic rings. The third-order valence-electron chi connectivity index (χ3n) is 3.81. The van der Waals surface area contributed by atoms with Crippen molar-refractivity contribution in [2.45, 2.75) is 13.5 Å².